The minimum atomic E-state index is 0.256. The quantitative estimate of drug-likeness (QED) is 0.867. The number of hydrogen-bond acceptors (Lipinski definition) is 5. The summed E-state index contributed by atoms with van der Waals surface area (Å²) in [6.07, 6.45) is 4.51. The molecule has 4 rings (SSSR count). The number of anilines is 1. The first-order valence-electron chi connectivity index (χ1n) is 8.74. The zero-order valence-electron chi connectivity index (χ0n) is 13.7. The Morgan fingerprint density at radius 2 is 1.75 bits per heavy atom. The number of aromatic nitrogens is 2. The maximum atomic E-state index is 12.5. The summed E-state index contributed by atoms with van der Waals surface area (Å²) in [7, 11) is 0. The first kappa shape index (κ1) is 15.2. The second-order valence-corrected chi connectivity index (χ2v) is 6.56. The Bertz CT molecular complexity index is 686. The average molecular weight is 326 g/mol. The van der Waals surface area contributed by atoms with Gasteiger partial charge in [-0.05, 0) is 30.1 Å². The summed E-state index contributed by atoms with van der Waals surface area (Å²) < 4.78 is 5.38. The van der Waals surface area contributed by atoms with Gasteiger partial charge in [0.2, 0.25) is 5.91 Å². The Morgan fingerprint density at radius 3 is 2.46 bits per heavy atom. The zero-order chi connectivity index (χ0) is 16.4. The van der Waals surface area contributed by atoms with Crippen molar-refractivity contribution in [1.29, 1.82) is 0 Å². The van der Waals surface area contributed by atoms with E-state index in [1.54, 1.807) is 0 Å². The van der Waals surface area contributed by atoms with E-state index in [0.29, 0.717) is 17.7 Å². The van der Waals surface area contributed by atoms with Gasteiger partial charge in [0, 0.05) is 37.7 Å². The third-order valence-electron chi connectivity index (χ3n) is 5.01. The summed E-state index contributed by atoms with van der Waals surface area (Å²) in [5, 5.41) is 4.10. The van der Waals surface area contributed by atoms with Crippen LogP contribution in [0.25, 0.3) is 11.5 Å². The molecule has 2 aliphatic rings. The van der Waals surface area contributed by atoms with Crippen molar-refractivity contribution in [2.45, 2.75) is 25.7 Å². The number of piperazine rings is 1. The summed E-state index contributed by atoms with van der Waals surface area (Å²) in [6, 6.07) is 9.77. The highest BCUT2D eigenvalue weighted by Gasteiger charge is 2.30. The number of nitrogens with zero attached hydrogens (tertiary/aromatic N) is 4. The van der Waals surface area contributed by atoms with Crippen LogP contribution in [0.4, 0.5) is 5.95 Å². The van der Waals surface area contributed by atoms with Crippen molar-refractivity contribution < 1.29 is 9.32 Å². The summed E-state index contributed by atoms with van der Waals surface area (Å²) in [5.41, 5.74) is 0.922. The van der Waals surface area contributed by atoms with Gasteiger partial charge < -0.3 is 14.3 Å². The highest BCUT2D eigenvalue weighted by Crippen LogP contribution is 2.27. The molecule has 6 nitrogen and oxygen atoms in total. The molecule has 1 amide bonds. The normalized spacial score (nSPS) is 19.0. The van der Waals surface area contributed by atoms with Crippen molar-refractivity contribution in [3.63, 3.8) is 0 Å². The first-order chi connectivity index (χ1) is 11.8. The number of carbonyl (C=O) groups excluding carboxylic acids is 1. The molecular formula is C18H22N4O2. The topological polar surface area (TPSA) is 62.5 Å². The number of carbonyl (C=O) groups is 1. The van der Waals surface area contributed by atoms with E-state index >= 15 is 0 Å². The van der Waals surface area contributed by atoms with Crippen LogP contribution in [-0.2, 0) is 4.79 Å². The van der Waals surface area contributed by atoms with Crippen LogP contribution in [0, 0.1) is 5.92 Å². The lowest BCUT2D eigenvalue weighted by Gasteiger charge is -2.35. The van der Waals surface area contributed by atoms with Crippen LogP contribution < -0.4 is 4.90 Å². The molecule has 24 heavy (non-hydrogen) atoms. The highest BCUT2D eigenvalue weighted by atomic mass is 16.5. The molecule has 1 aromatic heterocycles. The van der Waals surface area contributed by atoms with Crippen molar-refractivity contribution >= 4 is 11.9 Å². The summed E-state index contributed by atoms with van der Waals surface area (Å²) in [4.78, 5) is 21.1. The number of rotatable bonds is 3. The van der Waals surface area contributed by atoms with Gasteiger partial charge in [0.05, 0.1) is 0 Å². The van der Waals surface area contributed by atoms with Crippen LogP contribution in [0.1, 0.15) is 25.7 Å². The average Bonchev–Trinajstić information content (AvgIpc) is 3.34. The molecular weight excluding hydrogens is 304 g/mol. The molecule has 0 radical (unpaired) electrons. The predicted octanol–water partition coefficient (Wildman–Crippen LogP) is 2.58. The predicted molar refractivity (Wildman–Crippen MR) is 90.5 cm³/mol. The van der Waals surface area contributed by atoms with Gasteiger partial charge in [-0.25, -0.2) is 0 Å². The highest BCUT2D eigenvalue weighted by molar-refractivity contribution is 5.79. The molecule has 0 bridgehead atoms. The first-order valence-corrected chi connectivity index (χ1v) is 8.74. The fourth-order valence-corrected chi connectivity index (χ4v) is 3.60. The van der Waals surface area contributed by atoms with Crippen molar-refractivity contribution in [1.82, 2.24) is 15.0 Å². The smallest absolute Gasteiger partial charge is 0.266 e. The van der Waals surface area contributed by atoms with E-state index in [1.165, 1.54) is 12.8 Å². The number of benzene rings is 1. The third kappa shape index (κ3) is 3.00. The molecule has 2 fully saturated rings. The van der Waals surface area contributed by atoms with Crippen molar-refractivity contribution in [2.75, 3.05) is 31.1 Å². The van der Waals surface area contributed by atoms with Crippen molar-refractivity contribution in [2.24, 2.45) is 5.92 Å². The molecule has 1 aliphatic carbocycles. The number of hydrogen-bond donors (Lipinski definition) is 0. The molecule has 1 aliphatic heterocycles. The Kier molecular flexibility index (Phi) is 4.19. The van der Waals surface area contributed by atoms with Gasteiger partial charge in [0.25, 0.3) is 11.8 Å². The largest absolute Gasteiger partial charge is 0.339 e. The third-order valence-corrected chi connectivity index (χ3v) is 5.01. The maximum Gasteiger partial charge on any atom is 0.266 e. The summed E-state index contributed by atoms with van der Waals surface area (Å²) in [5.74, 6) is 1.74. The monoisotopic (exact) mass is 326 g/mol. The standard InChI is InChI=1S/C18H22N4O2/c23-17(15-8-4-5-9-15)21-10-12-22(13-11-21)18-19-16(24-20-18)14-6-2-1-3-7-14/h1-3,6-7,15H,4-5,8-13H2. The van der Waals surface area contributed by atoms with Gasteiger partial charge in [-0.1, -0.05) is 31.0 Å². The van der Waals surface area contributed by atoms with Gasteiger partial charge in [-0.3, -0.25) is 4.79 Å². The summed E-state index contributed by atoms with van der Waals surface area (Å²) >= 11 is 0. The fourth-order valence-electron chi connectivity index (χ4n) is 3.60. The zero-order valence-corrected chi connectivity index (χ0v) is 13.7. The fraction of sp³-hybridized carbons (Fsp3) is 0.500. The molecule has 0 N–H and O–H groups in total. The summed E-state index contributed by atoms with van der Waals surface area (Å²) in [6.45, 7) is 2.99. The van der Waals surface area contributed by atoms with E-state index < -0.39 is 0 Å². The van der Waals surface area contributed by atoms with E-state index in [4.69, 9.17) is 4.52 Å². The van der Waals surface area contributed by atoms with Crippen molar-refractivity contribution in [3.8, 4) is 11.5 Å². The molecule has 126 valence electrons. The van der Waals surface area contributed by atoms with Gasteiger partial charge >= 0.3 is 0 Å². The second-order valence-electron chi connectivity index (χ2n) is 6.56. The molecule has 1 saturated carbocycles. The SMILES string of the molecule is O=C(C1CCCC1)N1CCN(c2noc(-c3ccccc3)n2)CC1. The lowest BCUT2D eigenvalue weighted by Crippen LogP contribution is -2.50. The van der Waals surface area contributed by atoms with E-state index in [2.05, 4.69) is 15.0 Å². The molecule has 2 aromatic rings. The van der Waals surface area contributed by atoms with Crippen LogP contribution in [0.15, 0.2) is 34.9 Å². The van der Waals surface area contributed by atoms with Crippen LogP contribution in [-0.4, -0.2) is 47.1 Å². The van der Waals surface area contributed by atoms with E-state index in [-0.39, 0.29) is 5.92 Å². The maximum absolute atomic E-state index is 12.5. The molecule has 1 saturated heterocycles. The van der Waals surface area contributed by atoms with E-state index in [9.17, 15) is 4.79 Å². The molecule has 0 atom stereocenters. The van der Waals surface area contributed by atoms with E-state index in [1.807, 2.05) is 35.2 Å². The molecule has 2 heterocycles. The second kappa shape index (κ2) is 6.63. The lowest BCUT2D eigenvalue weighted by atomic mass is 10.1. The Labute approximate surface area is 141 Å². The van der Waals surface area contributed by atoms with Gasteiger partial charge in [-0.15, -0.1) is 0 Å². The van der Waals surface area contributed by atoms with Crippen LogP contribution in [0.3, 0.4) is 0 Å². The van der Waals surface area contributed by atoms with Crippen LogP contribution >= 0.6 is 0 Å². The minimum absolute atomic E-state index is 0.256. The van der Waals surface area contributed by atoms with Crippen molar-refractivity contribution in [3.05, 3.63) is 30.3 Å². The van der Waals surface area contributed by atoms with Gasteiger partial charge in [0.15, 0.2) is 0 Å². The van der Waals surface area contributed by atoms with Crippen LogP contribution in [0.2, 0.25) is 0 Å². The Morgan fingerprint density at radius 1 is 1.04 bits per heavy atom. The lowest BCUT2D eigenvalue weighted by molar-refractivity contribution is -0.135. The molecule has 0 unspecified atom stereocenters. The Hall–Kier alpha value is -2.37. The molecule has 1 aromatic carbocycles. The minimum Gasteiger partial charge on any atom is -0.339 e. The van der Waals surface area contributed by atoms with E-state index in [0.717, 1.165) is 44.6 Å². The van der Waals surface area contributed by atoms with Crippen LogP contribution in [0.5, 0.6) is 0 Å². The molecule has 6 heteroatoms. The molecule has 0 spiro atoms. The number of amides is 1. The van der Waals surface area contributed by atoms with Gasteiger partial charge in [0.1, 0.15) is 0 Å². The Balaban J connectivity index is 1.38. The van der Waals surface area contributed by atoms with Gasteiger partial charge in [-0.2, -0.15) is 4.98 Å².